The van der Waals surface area contributed by atoms with Crippen LogP contribution >= 0.6 is 11.6 Å². The van der Waals surface area contributed by atoms with Crippen molar-refractivity contribution in [3.8, 4) is 0 Å². The van der Waals surface area contributed by atoms with E-state index in [0.29, 0.717) is 5.69 Å². The van der Waals surface area contributed by atoms with Crippen LogP contribution in [0.4, 0.5) is 5.69 Å². The summed E-state index contributed by atoms with van der Waals surface area (Å²) in [5.41, 5.74) is 1.95. The summed E-state index contributed by atoms with van der Waals surface area (Å²) in [5, 5.41) is 0. The SMILES string of the molecule is Cc1cc(C)cc(N([C@H]2[C@H]3CC[C@@](C)([C@H]2OC(=O)CCl)C3(C)C)S(=O)(=O)c2ccccc2)c1. The standard InChI is InChI=1S/C26H32ClNO4S/c1-17-13-18(2)15-19(14-17)28(33(30,31)20-9-7-6-8-10-20)23-21-11-12-26(5,25(21,3)4)24(23)32-22(29)16-27/h6-10,13-15,21,23-24H,11-12,16H2,1-5H3/t21-,23+,24+,26+/m1/s1. The molecule has 2 bridgehead atoms. The van der Waals surface area contributed by atoms with Crippen molar-refractivity contribution >= 4 is 33.3 Å². The van der Waals surface area contributed by atoms with E-state index in [9.17, 15) is 13.2 Å². The highest BCUT2D eigenvalue weighted by atomic mass is 35.5. The first-order valence-corrected chi connectivity index (χ1v) is 13.3. The Morgan fingerprint density at radius 3 is 2.27 bits per heavy atom. The van der Waals surface area contributed by atoms with Crippen LogP contribution in [0.15, 0.2) is 53.4 Å². The van der Waals surface area contributed by atoms with Crippen LogP contribution in [-0.2, 0) is 19.6 Å². The molecule has 33 heavy (non-hydrogen) atoms. The van der Waals surface area contributed by atoms with Crippen LogP contribution in [0.2, 0.25) is 0 Å². The van der Waals surface area contributed by atoms with Crippen molar-refractivity contribution < 1.29 is 17.9 Å². The van der Waals surface area contributed by atoms with Gasteiger partial charge in [0.25, 0.3) is 10.0 Å². The largest absolute Gasteiger partial charge is 0.459 e. The quantitative estimate of drug-likeness (QED) is 0.398. The lowest BCUT2D eigenvalue weighted by Crippen LogP contribution is -2.54. The average molecular weight is 490 g/mol. The first-order chi connectivity index (χ1) is 15.4. The van der Waals surface area contributed by atoms with Gasteiger partial charge in [-0.05, 0) is 73.4 Å². The summed E-state index contributed by atoms with van der Waals surface area (Å²) in [6.45, 7) is 10.4. The molecule has 0 aliphatic heterocycles. The number of esters is 1. The smallest absolute Gasteiger partial charge is 0.321 e. The van der Waals surface area contributed by atoms with Gasteiger partial charge in [-0.2, -0.15) is 0 Å². The molecule has 0 radical (unpaired) electrons. The normalized spacial score (nSPS) is 28.0. The number of rotatable bonds is 6. The fraction of sp³-hybridized carbons (Fsp3) is 0.500. The Bertz CT molecular complexity index is 1140. The number of carbonyl (C=O) groups excluding carboxylic acids is 1. The first kappa shape index (κ1) is 24.1. The van der Waals surface area contributed by atoms with Gasteiger partial charge in [0.05, 0.1) is 16.6 Å². The van der Waals surface area contributed by atoms with Gasteiger partial charge in [-0.15, -0.1) is 11.6 Å². The lowest BCUT2D eigenvalue weighted by Gasteiger charge is -2.42. The van der Waals surface area contributed by atoms with Crippen LogP contribution in [0.5, 0.6) is 0 Å². The highest BCUT2D eigenvalue weighted by Gasteiger charge is 2.70. The van der Waals surface area contributed by atoms with E-state index in [0.717, 1.165) is 24.0 Å². The average Bonchev–Trinajstić information content (AvgIpc) is 3.07. The lowest BCUT2D eigenvalue weighted by atomic mass is 9.70. The predicted octanol–water partition coefficient (Wildman–Crippen LogP) is 5.47. The number of anilines is 1. The van der Waals surface area contributed by atoms with Crippen molar-refractivity contribution in [1.29, 1.82) is 0 Å². The van der Waals surface area contributed by atoms with Gasteiger partial charge in [-0.25, -0.2) is 8.42 Å². The maximum atomic E-state index is 14.2. The van der Waals surface area contributed by atoms with E-state index in [1.54, 1.807) is 30.3 Å². The molecule has 2 fully saturated rings. The summed E-state index contributed by atoms with van der Waals surface area (Å²) in [4.78, 5) is 12.6. The number of halogens is 1. The van der Waals surface area contributed by atoms with Gasteiger partial charge in [0.1, 0.15) is 12.0 Å². The molecule has 4 atom stereocenters. The van der Waals surface area contributed by atoms with E-state index >= 15 is 0 Å². The number of fused-ring (bicyclic) bond motifs is 2. The molecule has 7 heteroatoms. The molecular formula is C26H32ClNO4S. The van der Waals surface area contributed by atoms with Crippen LogP contribution in [0, 0.1) is 30.6 Å². The second-order valence-corrected chi connectivity index (χ2v) is 12.4. The summed E-state index contributed by atoms with van der Waals surface area (Å²) in [7, 11) is -3.94. The minimum Gasteiger partial charge on any atom is -0.459 e. The number of nitrogens with zero attached hydrogens (tertiary/aromatic N) is 1. The van der Waals surface area contributed by atoms with Crippen molar-refractivity contribution in [1.82, 2.24) is 0 Å². The minimum absolute atomic E-state index is 0.0231. The van der Waals surface area contributed by atoms with Gasteiger partial charge in [-0.1, -0.05) is 45.0 Å². The molecule has 2 aromatic carbocycles. The predicted molar refractivity (Wildman–Crippen MR) is 131 cm³/mol. The Kier molecular flexibility index (Phi) is 6.07. The van der Waals surface area contributed by atoms with Gasteiger partial charge in [0.15, 0.2) is 0 Å². The second-order valence-electron chi connectivity index (χ2n) is 10.3. The maximum absolute atomic E-state index is 14.2. The van der Waals surface area contributed by atoms with Gasteiger partial charge >= 0.3 is 5.97 Å². The number of hydrogen-bond acceptors (Lipinski definition) is 4. The number of hydrogen-bond donors (Lipinski definition) is 0. The van der Waals surface area contributed by atoms with Crippen molar-refractivity contribution in [2.45, 2.75) is 64.5 Å². The van der Waals surface area contributed by atoms with Gasteiger partial charge in [0.2, 0.25) is 0 Å². The third-order valence-corrected chi connectivity index (χ3v) is 10.2. The summed E-state index contributed by atoms with van der Waals surface area (Å²) < 4.78 is 35.9. The Hall–Kier alpha value is -2.05. The molecule has 0 unspecified atom stereocenters. The summed E-state index contributed by atoms with van der Waals surface area (Å²) in [6, 6.07) is 13.8. The van der Waals surface area contributed by atoms with Gasteiger partial charge < -0.3 is 4.74 Å². The molecule has 2 saturated carbocycles. The van der Waals surface area contributed by atoms with Crippen LogP contribution < -0.4 is 4.31 Å². The summed E-state index contributed by atoms with van der Waals surface area (Å²) in [6.07, 6.45) is 1.14. The van der Waals surface area contributed by atoms with Crippen molar-refractivity contribution in [3.05, 3.63) is 59.7 Å². The van der Waals surface area contributed by atoms with Crippen LogP contribution in [-0.4, -0.2) is 32.4 Å². The van der Waals surface area contributed by atoms with Crippen molar-refractivity contribution in [2.75, 3.05) is 10.2 Å². The zero-order valence-electron chi connectivity index (χ0n) is 19.8. The molecule has 2 aromatic rings. The topological polar surface area (TPSA) is 63.7 Å². The zero-order chi connectivity index (χ0) is 24.2. The van der Waals surface area contributed by atoms with Crippen LogP contribution in [0.3, 0.4) is 0 Å². The number of alkyl halides is 1. The third kappa shape index (κ3) is 3.75. The molecular weight excluding hydrogens is 458 g/mol. The van der Waals surface area contributed by atoms with Gasteiger partial charge in [-0.3, -0.25) is 9.10 Å². The fourth-order valence-corrected chi connectivity index (χ4v) is 7.92. The van der Waals surface area contributed by atoms with Crippen molar-refractivity contribution in [3.63, 3.8) is 0 Å². The number of sulfonamides is 1. The highest BCUT2D eigenvalue weighted by Crippen LogP contribution is 2.67. The number of benzene rings is 2. The highest BCUT2D eigenvalue weighted by molar-refractivity contribution is 7.92. The molecule has 2 aliphatic carbocycles. The third-order valence-electron chi connectivity index (χ3n) is 8.12. The number of carbonyl (C=O) groups is 1. The fourth-order valence-electron chi connectivity index (χ4n) is 6.17. The molecule has 5 nitrogen and oxygen atoms in total. The minimum atomic E-state index is -3.94. The second kappa shape index (κ2) is 8.31. The monoisotopic (exact) mass is 489 g/mol. The molecule has 0 heterocycles. The number of ether oxygens (including phenoxy) is 1. The summed E-state index contributed by atoms with van der Waals surface area (Å²) >= 11 is 5.81. The Labute approximate surface area is 202 Å². The van der Waals surface area contributed by atoms with Crippen LogP contribution in [0.1, 0.15) is 44.7 Å². The van der Waals surface area contributed by atoms with E-state index in [2.05, 4.69) is 20.8 Å². The molecule has 0 amide bonds. The number of aryl methyl sites for hydroxylation is 2. The summed E-state index contributed by atoms with van der Waals surface area (Å²) in [5.74, 6) is -0.761. The van der Waals surface area contributed by atoms with E-state index in [-0.39, 0.29) is 27.5 Å². The molecule has 0 aromatic heterocycles. The molecule has 4 rings (SSSR count). The Balaban J connectivity index is 1.96. The van der Waals surface area contributed by atoms with E-state index in [1.807, 2.05) is 32.0 Å². The lowest BCUT2D eigenvalue weighted by molar-refractivity contribution is -0.154. The van der Waals surface area contributed by atoms with E-state index in [1.165, 1.54) is 4.31 Å². The molecule has 178 valence electrons. The molecule has 0 N–H and O–H groups in total. The Morgan fingerprint density at radius 2 is 1.70 bits per heavy atom. The van der Waals surface area contributed by atoms with Gasteiger partial charge in [0, 0.05) is 5.41 Å². The van der Waals surface area contributed by atoms with E-state index < -0.39 is 28.1 Å². The first-order valence-electron chi connectivity index (χ1n) is 11.4. The molecule has 0 spiro atoms. The molecule has 0 saturated heterocycles. The Morgan fingerprint density at radius 1 is 1.09 bits per heavy atom. The van der Waals surface area contributed by atoms with E-state index in [4.69, 9.17) is 16.3 Å². The maximum Gasteiger partial charge on any atom is 0.321 e. The van der Waals surface area contributed by atoms with Crippen LogP contribution in [0.25, 0.3) is 0 Å². The molecule has 2 aliphatic rings. The zero-order valence-corrected chi connectivity index (χ0v) is 21.4. The van der Waals surface area contributed by atoms with Crippen molar-refractivity contribution in [2.24, 2.45) is 16.7 Å².